The average Bonchev–Trinajstić information content (AvgIpc) is 2.51. The molecule has 1 aromatic rings. The van der Waals surface area contributed by atoms with E-state index in [1.807, 2.05) is 0 Å². The van der Waals surface area contributed by atoms with E-state index in [0.29, 0.717) is 0 Å². The monoisotopic (exact) mass is 275 g/mol. The van der Waals surface area contributed by atoms with Gasteiger partial charge < -0.3 is 4.74 Å². The summed E-state index contributed by atoms with van der Waals surface area (Å²) in [5.41, 5.74) is 2.67. The largest absolute Gasteiger partial charge is 0.493 e. The van der Waals surface area contributed by atoms with Crippen LogP contribution in [0.2, 0.25) is 0 Å². The molecule has 1 heterocycles. The van der Waals surface area contributed by atoms with Crippen molar-refractivity contribution in [2.45, 2.75) is 13.0 Å². The maximum absolute atomic E-state index is 5.41. The van der Waals surface area contributed by atoms with Crippen LogP contribution in [0.25, 0.3) is 0 Å². The summed E-state index contributed by atoms with van der Waals surface area (Å²) >= 11 is 2.16. The first-order valence-electron chi connectivity index (χ1n) is 3.98. The number of halogens is 1. The molecule has 0 atom stereocenters. The molecule has 0 bridgehead atoms. The summed E-state index contributed by atoms with van der Waals surface area (Å²) < 4.78 is 8.51. The molecule has 0 unspecified atom stereocenters. The highest BCUT2D eigenvalue weighted by atomic mass is 127. The first-order valence-corrected chi connectivity index (χ1v) is 5.06. The predicted molar refractivity (Wildman–Crippen MR) is 56.5 cm³/mol. The molecule has 2 nitrogen and oxygen atoms in total. The second kappa shape index (κ2) is 3.62. The molecule has 0 fully saturated rings. The number of hydrogen-bond donors (Lipinski definition) is 1. The smallest absolute Gasteiger partial charge is 0.122 e. The average molecular weight is 275 g/mol. The molecule has 0 aromatic heterocycles. The molecule has 12 heavy (non-hydrogen) atoms. The zero-order valence-corrected chi connectivity index (χ0v) is 8.80. The summed E-state index contributed by atoms with van der Waals surface area (Å²) in [6.07, 6.45) is 1.06. The van der Waals surface area contributed by atoms with E-state index >= 15 is 0 Å². The van der Waals surface area contributed by atoms with E-state index in [9.17, 15) is 0 Å². The van der Waals surface area contributed by atoms with Crippen molar-refractivity contribution in [3.8, 4) is 5.75 Å². The van der Waals surface area contributed by atoms with Crippen LogP contribution in [0.3, 0.4) is 0 Å². The summed E-state index contributed by atoms with van der Waals surface area (Å²) in [6.45, 7) is 1.77. The Kier molecular flexibility index (Phi) is 2.51. The second-order valence-corrected chi connectivity index (χ2v) is 3.61. The van der Waals surface area contributed by atoms with Crippen molar-refractivity contribution in [1.29, 1.82) is 0 Å². The Morgan fingerprint density at radius 3 is 3.25 bits per heavy atom. The lowest BCUT2D eigenvalue weighted by molar-refractivity contribution is 0.357. The zero-order chi connectivity index (χ0) is 8.39. The van der Waals surface area contributed by atoms with Crippen molar-refractivity contribution in [3.63, 3.8) is 0 Å². The van der Waals surface area contributed by atoms with Gasteiger partial charge >= 0.3 is 0 Å². The lowest BCUT2D eigenvalue weighted by atomic mass is 10.1. The van der Waals surface area contributed by atoms with Gasteiger partial charge in [-0.2, -0.15) is 0 Å². The van der Waals surface area contributed by atoms with Gasteiger partial charge in [-0.3, -0.25) is 3.53 Å². The number of nitrogens with one attached hydrogen (secondary N) is 1. The fourth-order valence-corrected chi connectivity index (χ4v) is 1.87. The standard InChI is InChI=1S/C9H10INO/c10-11-6-7-1-2-9-8(5-7)3-4-12-9/h1-2,5,11H,3-4,6H2. The fourth-order valence-electron chi connectivity index (χ4n) is 1.43. The SMILES string of the molecule is INCc1ccc2c(c1)CCO2. The molecule has 2 rings (SSSR count). The maximum atomic E-state index is 5.41. The minimum absolute atomic E-state index is 0.844. The van der Waals surface area contributed by atoms with Gasteiger partial charge in [0.2, 0.25) is 0 Å². The van der Waals surface area contributed by atoms with Crippen LogP contribution in [0.5, 0.6) is 5.75 Å². The van der Waals surface area contributed by atoms with Gasteiger partial charge in [-0.25, -0.2) is 0 Å². The van der Waals surface area contributed by atoms with Crippen LogP contribution in [-0.2, 0) is 13.0 Å². The van der Waals surface area contributed by atoms with Gasteiger partial charge in [-0.1, -0.05) is 12.1 Å². The van der Waals surface area contributed by atoms with E-state index < -0.39 is 0 Å². The highest BCUT2D eigenvalue weighted by Crippen LogP contribution is 2.25. The van der Waals surface area contributed by atoms with Crippen molar-refractivity contribution >= 4 is 22.9 Å². The summed E-state index contributed by atoms with van der Waals surface area (Å²) in [4.78, 5) is 0. The number of hydrogen-bond acceptors (Lipinski definition) is 2. The first kappa shape index (κ1) is 8.31. The highest BCUT2D eigenvalue weighted by molar-refractivity contribution is 14.1. The van der Waals surface area contributed by atoms with Gasteiger partial charge in [0.1, 0.15) is 5.75 Å². The van der Waals surface area contributed by atoms with Gasteiger partial charge in [0.25, 0.3) is 0 Å². The van der Waals surface area contributed by atoms with Crippen LogP contribution < -0.4 is 8.27 Å². The number of rotatable bonds is 2. The molecule has 0 saturated carbocycles. The minimum atomic E-state index is 0.844. The van der Waals surface area contributed by atoms with Crippen LogP contribution in [0.1, 0.15) is 11.1 Å². The Morgan fingerprint density at radius 2 is 2.42 bits per heavy atom. The Hall–Kier alpha value is -0.290. The van der Waals surface area contributed by atoms with Crippen molar-refractivity contribution < 1.29 is 4.74 Å². The molecule has 64 valence electrons. The molecule has 1 aliphatic rings. The lowest BCUT2D eigenvalue weighted by Gasteiger charge is -2.01. The molecule has 0 amide bonds. The van der Waals surface area contributed by atoms with Crippen molar-refractivity contribution in [2.75, 3.05) is 6.61 Å². The summed E-state index contributed by atoms with van der Waals surface area (Å²) in [7, 11) is 0. The molecule has 0 radical (unpaired) electrons. The van der Waals surface area contributed by atoms with Crippen molar-refractivity contribution in [2.24, 2.45) is 0 Å². The summed E-state index contributed by atoms with van der Waals surface area (Å²) in [5.74, 6) is 1.06. The van der Waals surface area contributed by atoms with E-state index in [1.54, 1.807) is 0 Å². The molecule has 1 aromatic carbocycles. The third-order valence-electron chi connectivity index (χ3n) is 2.02. The van der Waals surface area contributed by atoms with Crippen molar-refractivity contribution in [1.82, 2.24) is 3.53 Å². The fraction of sp³-hybridized carbons (Fsp3) is 0.333. The molecule has 0 saturated heterocycles. The first-order chi connectivity index (χ1) is 5.90. The maximum Gasteiger partial charge on any atom is 0.122 e. The Labute approximate surface area is 85.8 Å². The minimum Gasteiger partial charge on any atom is -0.493 e. The molecule has 3 heteroatoms. The third kappa shape index (κ3) is 1.56. The van der Waals surface area contributed by atoms with E-state index in [-0.39, 0.29) is 0 Å². The molecule has 1 N–H and O–H groups in total. The van der Waals surface area contributed by atoms with Crippen LogP contribution in [-0.4, -0.2) is 6.61 Å². The normalized spacial score (nSPS) is 14.1. The van der Waals surface area contributed by atoms with E-state index in [2.05, 4.69) is 44.6 Å². The second-order valence-electron chi connectivity index (χ2n) is 2.85. The van der Waals surface area contributed by atoms with Gasteiger partial charge in [0.15, 0.2) is 0 Å². The summed E-state index contributed by atoms with van der Waals surface area (Å²) in [6, 6.07) is 6.38. The molecular weight excluding hydrogens is 265 g/mol. The number of ether oxygens (including phenoxy) is 1. The molecule has 1 aliphatic heterocycles. The van der Waals surface area contributed by atoms with Gasteiger partial charge in [0.05, 0.1) is 6.61 Å². The van der Waals surface area contributed by atoms with E-state index in [4.69, 9.17) is 4.74 Å². The number of fused-ring (bicyclic) bond motifs is 1. The van der Waals surface area contributed by atoms with Crippen LogP contribution in [0.4, 0.5) is 0 Å². The van der Waals surface area contributed by atoms with E-state index in [0.717, 1.165) is 25.3 Å². The predicted octanol–water partition coefficient (Wildman–Crippen LogP) is 2.06. The van der Waals surface area contributed by atoms with Gasteiger partial charge in [-0.15, -0.1) is 0 Å². The van der Waals surface area contributed by atoms with Crippen LogP contribution in [0, 0.1) is 0 Å². The Morgan fingerprint density at radius 1 is 1.50 bits per heavy atom. The number of benzene rings is 1. The quantitative estimate of drug-likeness (QED) is 0.659. The van der Waals surface area contributed by atoms with Crippen LogP contribution in [0.15, 0.2) is 18.2 Å². The molecular formula is C9H10INO. The summed E-state index contributed by atoms with van der Waals surface area (Å²) in [5, 5.41) is 0. The van der Waals surface area contributed by atoms with E-state index in [1.165, 1.54) is 11.1 Å². The molecule has 0 spiro atoms. The molecule has 0 aliphatic carbocycles. The third-order valence-corrected chi connectivity index (χ3v) is 2.41. The van der Waals surface area contributed by atoms with Crippen LogP contribution >= 0.6 is 22.9 Å². The lowest BCUT2D eigenvalue weighted by Crippen LogP contribution is -1.97. The Balaban J connectivity index is 2.26. The van der Waals surface area contributed by atoms with Gasteiger partial charge in [-0.05, 0) is 17.2 Å². The highest BCUT2D eigenvalue weighted by Gasteiger charge is 2.11. The van der Waals surface area contributed by atoms with Crippen molar-refractivity contribution in [3.05, 3.63) is 29.3 Å². The zero-order valence-electron chi connectivity index (χ0n) is 6.64. The Bertz CT molecular complexity index is 288. The topological polar surface area (TPSA) is 21.3 Å². The van der Waals surface area contributed by atoms with Gasteiger partial charge in [0, 0.05) is 35.8 Å².